The Morgan fingerprint density at radius 1 is 1.12 bits per heavy atom. The maximum Gasteiger partial charge on any atom is 0.126 e. The standard InChI is InChI=1S/C21H26N2O.ClH/c1-15-13-18-9-5-10-19(21(18)24-15)14-17-11-6-12-23(22)20(17)16-7-3-2-4-8-16;/h2-5,7-10,15,17,20H,6,11-14,22H2,1H3;1H/t15-,17-,20?;/m0./s1. The maximum atomic E-state index is 6.39. The van der Waals surface area contributed by atoms with E-state index >= 15 is 0 Å². The second-order valence-corrected chi connectivity index (χ2v) is 7.24. The highest BCUT2D eigenvalue weighted by atomic mass is 35.5. The van der Waals surface area contributed by atoms with Gasteiger partial charge in [0.2, 0.25) is 0 Å². The number of halogens is 1. The van der Waals surface area contributed by atoms with Crippen molar-refractivity contribution in [3.05, 3.63) is 65.2 Å². The van der Waals surface area contributed by atoms with E-state index in [0.29, 0.717) is 12.0 Å². The van der Waals surface area contributed by atoms with Gasteiger partial charge in [0, 0.05) is 13.0 Å². The van der Waals surface area contributed by atoms with Gasteiger partial charge < -0.3 is 4.74 Å². The molecule has 0 saturated carbocycles. The molecule has 2 aliphatic rings. The van der Waals surface area contributed by atoms with Gasteiger partial charge in [-0.05, 0) is 48.8 Å². The number of nitrogens with two attached hydrogens (primary N) is 1. The van der Waals surface area contributed by atoms with E-state index in [1.807, 2.05) is 5.01 Å². The number of rotatable bonds is 3. The molecule has 0 aliphatic carbocycles. The van der Waals surface area contributed by atoms with Gasteiger partial charge in [0.15, 0.2) is 0 Å². The van der Waals surface area contributed by atoms with E-state index in [-0.39, 0.29) is 18.4 Å². The number of hydrogen-bond acceptors (Lipinski definition) is 3. The number of benzene rings is 2. The van der Waals surface area contributed by atoms with Crippen LogP contribution in [0.1, 0.15) is 42.5 Å². The molecule has 1 fully saturated rings. The van der Waals surface area contributed by atoms with Crippen molar-refractivity contribution in [2.24, 2.45) is 11.8 Å². The number of hydrazine groups is 1. The van der Waals surface area contributed by atoms with Crippen LogP contribution in [0.5, 0.6) is 5.75 Å². The summed E-state index contributed by atoms with van der Waals surface area (Å²) < 4.78 is 6.10. The first-order valence-electron chi connectivity index (χ1n) is 9.06. The zero-order valence-corrected chi connectivity index (χ0v) is 15.5. The number of para-hydroxylation sites is 1. The van der Waals surface area contributed by atoms with Crippen molar-refractivity contribution < 1.29 is 4.74 Å². The van der Waals surface area contributed by atoms with Gasteiger partial charge in [-0.3, -0.25) is 5.84 Å². The molecule has 1 unspecified atom stereocenters. The van der Waals surface area contributed by atoms with Crippen molar-refractivity contribution in [3.8, 4) is 5.75 Å². The highest BCUT2D eigenvalue weighted by Crippen LogP contribution is 2.40. The molecule has 4 rings (SSSR count). The summed E-state index contributed by atoms with van der Waals surface area (Å²) in [6.45, 7) is 3.12. The molecule has 0 spiro atoms. The topological polar surface area (TPSA) is 38.5 Å². The summed E-state index contributed by atoms with van der Waals surface area (Å²) in [6.07, 6.45) is 4.73. The Hall–Kier alpha value is -1.55. The quantitative estimate of drug-likeness (QED) is 0.831. The van der Waals surface area contributed by atoms with Crippen molar-refractivity contribution in [2.75, 3.05) is 6.54 Å². The Morgan fingerprint density at radius 2 is 1.92 bits per heavy atom. The molecule has 2 heterocycles. The average molecular weight is 359 g/mol. The number of nitrogens with zero attached hydrogens (tertiary/aromatic N) is 1. The van der Waals surface area contributed by atoms with E-state index in [0.717, 1.165) is 31.6 Å². The summed E-state index contributed by atoms with van der Waals surface area (Å²) in [5.41, 5.74) is 4.03. The van der Waals surface area contributed by atoms with Crippen LogP contribution < -0.4 is 10.6 Å². The molecule has 0 aromatic heterocycles. The molecule has 2 N–H and O–H groups in total. The second-order valence-electron chi connectivity index (χ2n) is 7.24. The van der Waals surface area contributed by atoms with Gasteiger partial charge >= 0.3 is 0 Å². The molecule has 3 atom stereocenters. The number of fused-ring (bicyclic) bond motifs is 1. The highest BCUT2D eigenvalue weighted by molar-refractivity contribution is 5.85. The Kier molecular flexibility index (Phi) is 5.67. The molecule has 2 aliphatic heterocycles. The van der Waals surface area contributed by atoms with Crippen LogP contribution in [0.3, 0.4) is 0 Å². The summed E-state index contributed by atoms with van der Waals surface area (Å²) in [6, 6.07) is 17.6. The fourth-order valence-corrected chi connectivity index (χ4v) is 4.38. The zero-order valence-electron chi connectivity index (χ0n) is 14.7. The first-order chi connectivity index (χ1) is 11.7. The summed E-state index contributed by atoms with van der Waals surface area (Å²) in [4.78, 5) is 0. The third kappa shape index (κ3) is 3.69. The Morgan fingerprint density at radius 3 is 2.72 bits per heavy atom. The molecule has 2 aromatic carbocycles. The first kappa shape index (κ1) is 18.2. The molecule has 4 heteroatoms. The zero-order chi connectivity index (χ0) is 16.5. The van der Waals surface area contributed by atoms with Crippen molar-refractivity contribution in [3.63, 3.8) is 0 Å². The number of ether oxygens (including phenoxy) is 1. The predicted octanol–water partition coefficient (Wildman–Crippen LogP) is 4.30. The van der Waals surface area contributed by atoms with Crippen LogP contribution >= 0.6 is 12.4 Å². The summed E-state index contributed by atoms with van der Waals surface area (Å²) in [7, 11) is 0. The monoisotopic (exact) mass is 358 g/mol. The predicted molar refractivity (Wildman–Crippen MR) is 104 cm³/mol. The van der Waals surface area contributed by atoms with Gasteiger partial charge in [0.05, 0.1) is 6.04 Å². The highest BCUT2D eigenvalue weighted by Gasteiger charge is 2.32. The molecule has 3 nitrogen and oxygen atoms in total. The summed E-state index contributed by atoms with van der Waals surface area (Å²) in [5, 5.41) is 2.04. The van der Waals surface area contributed by atoms with Crippen LogP contribution in [-0.2, 0) is 12.8 Å². The fourth-order valence-electron chi connectivity index (χ4n) is 4.38. The van der Waals surface area contributed by atoms with E-state index < -0.39 is 0 Å². The van der Waals surface area contributed by atoms with E-state index in [1.165, 1.54) is 23.1 Å². The second kappa shape index (κ2) is 7.77. The van der Waals surface area contributed by atoms with Gasteiger partial charge in [-0.2, -0.15) is 0 Å². The maximum absolute atomic E-state index is 6.39. The molecule has 0 amide bonds. The van der Waals surface area contributed by atoms with Crippen LogP contribution in [0.25, 0.3) is 0 Å². The molecule has 134 valence electrons. The van der Waals surface area contributed by atoms with Crippen LogP contribution in [-0.4, -0.2) is 17.7 Å². The SMILES string of the molecule is C[C@H]1Cc2cccc(C[C@@H]3CCCN(N)C3c3ccccc3)c2O1.Cl. The van der Waals surface area contributed by atoms with Gasteiger partial charge in [-0.25, -0.2) is 5.01 Å². The molecular weight excluding hydrogens is 332 g/mol. The van der Waals surface area contributed by atoms with E-state index in [2.05, 4.69) is 55.5 Å². The summed E-state index contributed by atoms with van der Waals surface area (Å²) >= 11 is 0. The number of hydrogen-bond donors (Lipinski definition) is 1. The molecule has 1 saturated heterocycles. The van der Waals surface area contributed by atoms with Crippen molar-refractivity contribution in [1.82, 2.24) is 5.01 Å². The molecular formula is C21H27ClN2O. The minimum atomic E-state index is 0. The van der Waals surface area contributed by atoms with Crippen molar-refractivity contribution >= 4 is 12.4 Å². The minimum absolute atomic E-state index is 0. The van der Waals surface area contributed by atoms with Crippen molar-refractivity contribution in [2.45, 2.75) is 44.8 Å². The lowest BCUT2D eigenvalue weighted by Gasteiger charge is -2.39. The van der Waals surface area contributed by atoms with E-state index in [9.17, 15) is 0 Å². The first-order valence-corrected chi connectivity index (χ1v) is 9.06. The Bertz CT molecular complexity index is 706. The van der Waals surface area contributed by atoms with Gasteiger partial charge in [0.25, 0.3) is 0 Å². The lowest BCUT2D eigenvalue weighted by molar-refractivity contribution is 0.0921. The smallest absolute Gasteiger partial charge is 0.126 e. The van der Waals surface area contributed by atoms with E-state index in [1.54, 1.807) is 0 Å². The van der Waals surface area contributed by atoms with Crippen molar-refractivity contribution in [1.29, 1.82) is 0 Å². The third-order valence-corrected chi connectivity index (χ3v) is 5.42. The molecule has 0 bridgehead atoms. The summed E-state index contributed by atoms with van der Waals surface area (Å²) in [5.74, 6) is 8.05. The van der Waals surface area contributed by atoms with Crippen LogP contribution in [0, 0.1) is 5.92 Å². The Labute approximate surface area is 156 Å². The third-order valence-electron chi connectivity index (χ3n) is 5.42. The molecule has 0 radical (unpaired) electrons. The lowest BCUT2D eigenvalue weighted by Crippen LogP contribution is -2.44. The Balaban J connectivity index is 0.00000182. The largest absolute Gasteiger partial charge is 0.490 e. The number of piperidine rings is 1. The minimum Gasteiger partial charge on any atom is -0.490 e. The lowest BCUT2D eigenvalue weighted by atomic mass is 9.81. The van der Waals surface area contributed by atoms with Gasteiger partial charge in [-0.15, -0.1) is 12.4 Å². The van der Waals surface area contributed by atoms with E-state index in [4.69, 9.17) is 10.6 Å². The van der Waals surface area contributed by atoms with Crippen LogP contribution in [0.2, 0.25) is 0 Å². The molecule has 2 aromatic rings. The normalized spacial score (nSPS) is 25.8. The molecule has 25 heavy (non-hydrogen) atoms. The van der Waals surface area contributed by atoms with Crippen LogP contribution in [0.4, 0.5) is 0 Å². The average Bonchev–Trinajstić information content (AvgIpc) is 2.97. The van der Waals surface area contributed by atoms with Crippen LogP contribution in [0.15, 0.2) is 48.5 Å². The van der Waals surface area contributed by atoms with Gasteiger partial charge in [-0.1, -0.05) is 48.5 Å². The van der Waals surface area contributed by atoms with Gasteiger partial charge in [0.1, 0.15) is 11.9 Å². The fraction of sp³-hybridized carbons (Fsp3) is 0.429.